The summed E-state index contributed by atoms with van der Waals surface area (Å²) in [7, 11) is 0. The normalized spacial score (nSPS) is 12.5. The van der Waals surface area contributed by atoms with Gasteiger partial charge in [0.2, 0.25) is 0 Å². The molecule has 0 atom stereocenters. The Kier molecular flexibility index (Phi) is 3.60. The van der Waals surface area contributed by atoms with E-state index in [0.717, 1.165) is 5.69 Å². The van der Waals surface area contributed by atoms with E-state index in [2.05, 4.69) is 10.1 Å². The summed E-state index contributed by atoms with van der Waals surface area (Å²) in [4.78, 5) is 15.8. The van der Waals surface area contributed by atoms with Crippen LogP contribution in [0.3, 0.4) is 0 Å². The van der Waals surface area contributed by atoms with Gasteiger partial charge in [-0.1, -0.05) is 39.0 Å². The first-order valence-electron chi connectivity index (χ1n) is 6.16. The number of carbonyl (C=O) groups is 1. The molecule has 0 aliphatic rings. The zero-order chi connectivity index (χ0) is 13.9. The minimum Gasteiger partial charge on any atom is -0.272 e. The van der Waals surface area contributed by atoms with Crippen molar-refractivity contribution in [1.29, 1.82) is 0 Å². The lowest BCUT2D eigenvalue weighted by Gasteiger charge is -2.11. The molecule has 0 aliphatic heterocycles. The van der Waals surface area contributed by atoms with Crippen LogP contribution in [0.4, 0.5) is 0 Å². The van der Waals surface area contributed by atoms with Crippen LogP contribution in [-0.4, -0.2) is 15.7 Å². The number of carbonyl (C=O) groups excluding carboxylic acids is 1. The molecule has 1 heterocycles. The summed E-state index contributed by atoms with van der Waals surface area (Å²) in [6.07, 6.45) is 3.39. The van der Waals surface area contributed by atoms with Crippen LogP contribution in [0.15, 0.2) is 53.8 Å². The van der Waals surface area contributed by atoms with Crippen molar-refractivity contribution in [1.82, 2.24) is 9.78 Å². The predicted molar refractivity (Wildman–Crippen MR) is 73.6 cm³/mol. The van der Waals surface area contributed by atoms with E-state index in [1.54, 1.807) is 23.1 Å². The molecule has 2 aromatic rings. The molecule has 19 heavy (non-hydrogen) atoms. The molecule has 1 aromatic carbocycles. The molecule has 0 aliphatic carbocycles. The summed E-state index contributed by atoms with van der Waals surface area (Å²) in [6.45, 7) is 5.54. The van der Waals surface area contributed by atoms with Crippen LogP contribution in [-0.2, 0) is 4.79 Å². The largest absolute Gasteiger partial charge is 0.272 e. The molecular formula is C15H17N3O. The van der Waals surface area contributed by atoms with E-state index in [4.69, 9.17) is 0 Å². The number of hydrogen-bond acceptors (Lipinski definition) is 2. The Hall–Kier alpha value is -2.23. The fourth-order valence-electron chi connectivity index (χ4n) is 1.43. The van der Waals surface area contributed by atoms with Crippen LogP contribution in [0.25, 0.3) is 5.69 Å². The van der Waals surface area contributed by atoms with Gasteiger partial charge in [0, 0.05) is 11.6 Å². The lowest BCUT2D eigenvalue weighted by molar-refractivity contribution is -0.125. The maximum absolute atomic E-state index is 11.8. The third kappa shape index (κ3) is 3.37. The molecule has 0 fully saturated rings. The standard InChI is InChI=1S/C15H17N3O/c1-15(2,3)14(19)17-12-9-10-18(16-11-12)13-7-5-4-6-8-13/h4-11H,1-3H3/b17-12+. The first-order valence-corrected chi connectivity index (χ1v) is 6.16. The van der Waals surface area contributed by atoms with Crippen molar-refractivity contribution in [3.63, 3.8) is 0 Å². The third-order valence-corrected chi connectivity index (χ3v) is 2.59. The van der Waals surface area contributed by atoms with Gasteiger partial charge in [-0.15, -0.1) is 0 Å². The van der Waals surface area contributed by atoms with Crippen LogP contribution < -0.4 is 5.36 Å². The molecule has 0 unspecified atom stereocenters. The van der Waals surface area contributed by atoms with Gasteiger partial charge < -0.3 is 0 Å². The average Bonchev–Trinajstić information content (AvgIpc) is 2.39. The van der Waals surface area contributed by atoms with Crippen LogP contribution in [0.2, 0.25) is 0 Å². The van der Waals surface area contributed by atoms with Crippen molar-refractivity contribution in [3.8, 4) is 5.69 Å². The molecule has 0 radical (unpaired) electrons. The molecule has 2 rings (SSSR count). The molecule has 0 bridgehead atoms. The minimum absolute atomic E-state index is 0.147. The van der Waals surface area contributed by atoms with Gasteiger partial charge in [-0.2, -0.15) is 5.10 Å². The van der Waals surface area contributed by atoms with E-state index in [9.17, 15) is 4.79 Å². The summed E-state index contributed by atoms with van der Waals surface area (Å²) in [5.41, 5.74) is 0.502. The monoisotopic (exact) mass is 255 g/mol. The molecule has 4 heteroatoms. The molecule has 0 saturated heterocycles. The van der Waals surface area contributed by atoms with Gasteiger partial charge in [0.25, 0.3) is 5.91 Å². The van der Waals surface area contributed by atoms with E-state index in [1.807, 2.05) is 51.1 Å². The van der Waals surface area contributed by atoms with E-state index in [-0.39, 0.29) is 5.91 Å². The predicted octanol–water partition coefficient (Wildman–Crippen LogP) is 2.35. The smallest absolute Gasteiger partial charge is 0.251 e. The number of para-hydroxylation sites is 1. The quantitative estimate of drug-likeness (QED) is 0.785. The Morgan fingerprint density at radius 2 is 1.84 bits per heavy atom. The highest BCUT2D eigenvalue weighted by molar-refractivity contribution is 5.82. The lowest BCUT2D eigenvalue weighted by atomic mass is 9.96. The molecule has 0 saturated carbocycles. The van der Waals surface area contributed by atoms with E-state index in [1.165, 1.54) is 0 Å². The molecular weight excluding hydrogens is 238 g/mol. The zero-order valence-corrected chi connectivity index (χ0v) is 11.4. The second-order valence-electron chi connectivity index (χ2n) is 5.33. The Balaban J connectivity index is 2.29. The summed E-state index contributed by atoms with van der Waals surface area (Å²) in [6, 6.07) is 11.6. The van der Waals surface area contributed by atoms with Crippen LogP contribution in [0.5, 0.6) is 0 Å². The maximum Gasteiger partial charge on any atom is 0.251 e. The highest BCUT2D eigenvalue weighted by atomic mass is 16.1. The van der Waals surface area contributed by atoms with Crippen LogP contribution in [0.1, 0.15) is 20.8 Å². The van der Waals surface area contributed by atoms with E-state index in [0.29, 0.717) is 5.36 Å². The van der Waals surface area contributed by atoms with Crippen molar-refractivity contribution in [3.05, 3.63) is 54.1 Å². The number of rotatable bonds is 1. The van der Waals surface area contributed by atoms with Crippen molar-refractivity contribution >= 4 is 5.91 Å². The average molecular weight is 255 g/mol. The van der Waals surface area contributed by atoms with Crippen molar-refractivity contribution in [2.24, 2.45) is 10.4 Å². The molecule has 0 spiro atoms. The lowest BCUT2D eigenvalue weighted by Crippen LogP contribution is -2.21. The third-order valence-electron chi connectivity index (χ3n) is 2.59. The van der Waals surface area contributed by atoms with Crippen LogP contribution in [0, 0.1) is 5.41 Å². The van der Waals surface area contributed by atoms with E-state index < -0.39 is 5.41 Å². The van der Waals surface area contributed by atoms with Gasteiger partial charge in [0.05, 0.1) is 17.2 Å². The second-order valence-corrected chi connectivity index (χ2v) is 5.33. The topological polar surface area (TPSA) is 47.2 Å². The first-order chi connectivity index (χ1) is 8.97. The van der Waals surface area contributed by atoms with Crippen molar-refractivity contribution in [2.75, 3.05) is 0 Å². The number of benzene rings is 1. The highest BCUT2D eigenvalue weighted by Crippen LogP contribution is 2.14. The Labute approximate surface area is 112 Å². The Morgan fingerprint density at radius 3 is 2.37 bits per heavy atom. The summed E-state index contributed by atoms with van der Waals surface area (Å²) < 4.78 is 1.74. The zero-order valence-electron chi connectivity index (χ0n) is 11.4. The number of aromatic nitrogens is 2. The number of hydrogen-bond donors (Lipinski definition) is 0. The fraction of sp³-hybridized carbons (Fsp3) is 0.267. The number of amides is 1. The SMILES string of the molecule is CC(C)(C)C(=O)/N=c1\ccn(-c2ccccc2)nc1. The highest BCUT2D eigenvalue weighted by Gasteiger charge is 2.19. The maximum atomic E-state index is 11.8. The summed E-state index contributed by atoms with van der Waals surface area (Å²) in [5, 5.41) is 4.83. The molecule has 4 nitrogen and oxygen atoms in total. The molecule has 0 N–H and O–H groups in total. The van der Waals surface area contributed by atoms with Crippen molar-refractivity contribution < 1.29 is 4.79 Å². The van der Waals surface area contributed by atoms with Gasteiger partial charge >= 0.3 is 0 Å². The van der Waals surface area contributed by atoms with Gasteiger partial charge in [-0.3, -0.25) is 4.79 Å². The molecule has 1 aromatic heterocycles. The Morgan fingerprint density at radius 1 is 1.16 bits per heavy atom. The first kappa shape index (κ1) is 13.2. The molecule has 1 amide bonds. The van der Waals surface area contributed by atoms with E-state index >= 15 is 0 Å². The summed E-state index contributed by atoms with van der Waals surface area (Å²) >= 11 is 0. The fourth-order valence-corrected chi connectivity index (χ4v) is 1.43. The second kappa shape index (κ2) is 5.18. The molecule has 98 valence electrons. The van der Waals surface area contributed by atoms with Crippen molar-refractivity contribution in [2.45, 2.75) is 20.8 Å². The number of nitrogens with zero attached hydrogens (tertiary/aromatic N) is 3. The Bertz CT molecular complexity index is 616. The summed E-state index contributed by atoms with van der Waals surface area (Å²) in [5.74, 6) is -0.147. The van der Waals surface area contributed by atoms with Gasteiger partial charge in [0.15, 0.2) is 0 Å². The van der Waals surface area contributed by atoms with Crippen LogP contribution >= 0.6 is 0 Å². The van der Waals surface area contributed by atoms with Gasteiger partial charge in [-0.05, 0) is 18.2 Å². The van der Waals surface area contributed by atoms with Gasteiger partial charge in [-0.25, -0.2) is 9.67 Å². The minimum atomic E-state index is -0.467. The van der Waals surface area contributed by atoms with Gasteiger partial charge in [0.1, 0.15) is 0 Å².